The first kappa shape index (κ1) is 24.7. The highest BCUT2D eigenvalue weighted by Crippen LogP contribution is 2.67. The second kappa shape index (κ2) is 9.48. The van der Waals surface area contributed by atoms with Crippen LogP contribution in [0.25, 0.3) is 0 Å². The molecule has 1 N–H and O–H groups in total. The Kier molecular flexibility index (Phi) is 6.70. The van der Waals surface area contributed by atoms with Crippen molar-refractivity contribution in [3.63, 3.8) is 0 Å². The molecule has 4 saturated carbocycles. The predicted molar refractivity (Wildman–Crippen MR) is 137 cm³/mol. The number of fused-ring (bicyclic) bond motifs is 5. The minimum atomic E-state index is -0.241. The number of Topliss-reactive ketones (excluding diaryl/α,β-unsaturated/α-hetero) is 2. The summed E-state index contributed by atoms with van der Waals surface area (Å²) in [6.07, 6.45) is 9.11. The molecular weight excluding hydrogens is 434 g/mol. The fourth-order valence-corrected chi connectivity index (χ4v) is 9.14. The number of benzene rings is 1. The van der Waals surface area contributed by atoms with Gasteiger partial charge in [-0.25, -0.2) is 0 Å². The second-order valence-corrected chi connectivity index (χ2v) is 12.8. The van der Waals surface area contributed by atoms with Crippen LogP contribution >= 0.6 is 0 Å². The highest BCUT2D eigenvalue weighted by molar-refractivity contribution is 5.87. The predicted octanol–water partition coefficient (Wildman–Crippen LogP) is 6.13. The molecule has 0 saturated heterocycles. The number of carbonyl (C=O) groups is 3. The maximum atomic E-state index is 13.9. The molecule has 0 aliphatic heterocycles. The third-order valence-electron chi connectivity index (χ3n) is 11.3. The molecule has 190 valence electrons. The molecule has 35 heavy (non-hydrogen) atoms. The van der Waals surface area contributed by atoms with Gasteiger partial charge in [-0.3, -0.25) is 14.4 Å². The molecule has 4 heteroatoms. The fraction of sp³-hybridized carbons (Fsp3) is 0.710. The van der Waals surface area contributed by atoms with Crippen molar-refractivity contribution in [3.8, 4) is 0 Å². The van der Waals surface area contributed by atoms with Gasteiger partial charge >= 0.3 is 0 Å². The molecule has 1 aromatic carbocycles. The number of hydrogen-bond donors (Lipinski definition) is 1. The van der Waals surface area contributed by atoms with Crippen LogP contribution in [0.3, 0.4) is 0 Å². The lowest BCUT2D eigenvalue weighted by Crippen LogP contribution is -2.57. The summed E-state index contributed by atoms with van der Waals surface area (Å²) in [5, 5.41) is 3.06. The van der Waals surface area contributed by atoms with Gasteiger partial charge in [0.15, 0.2) is 0 Å². The highest BCUT2D eigenvalue weighted by Gasteiger charge is 2.63. The van der Waals surface area contributed by atoms with Gasteiger partial charge in [-0.05, 0) is 85.0 Å². The lowest BCUT2D eigenvalue weighted by atomic mass is 9.44. The smallest absolute Gasteiger partial charge is 0.220 e. The van der Waals surface area contributed by atoms with E-state index in [9.17, 15) is 14.4 Å². The van der Waals surface area contributed by atoms with Crippen molar-refractivity contribution in [3.05, 3.63) is 35.9 Å². The lowest BCUT2D eigenvalue weighted by Gasteiger charge is -2.59. The first-order valence-electron chi connectivity index (χ1n) is 14.1. The molecule has 0 unspecified atom stereocenters. The molecule has 4 aliphatic rings. The summed E-state index contributed by atoms with van der Waals surface area (Å²) in [7, 11) is 0. The van der Waals surface area contributed by atoms with Crippen LogP contribution in [-0.4, -0.2) is 17.5 Å². The minimum absolute atomic E-state index is 0.105. The average molecular weight is 478 g/mol. The van der Waals surface area contributed by atoms with Crippen molar-refractivity contribution in [2.75, 3.05) is 0 Å². The van der Waals surface area contributed by atoms with Gasteiger partial charge in [0.2, 0.25) is 5.91 Å². The molecule has 1 aromatic rings. The summed E-state index contributed by atoms with van der Waals surface area (Å²) in [4.78, 5) is 38.6. The molecule has 0 aromatic heterocycles. The van der Waals surface area contributed by atoms with Gasteiger partial charge in [-0.15, -0.1) is 0 Å². The van der Waals surface area contributed by atoms with Crippen molar-refractivity contribution in [1.29, 1.82) is 0 Å². The lowest BCUT2D eigenvalue weighted by molar-refractivity contribution is -0.159. The number of amides is 1. The Balaban J connectivity index is 1.23. The molecule has 0 spiro atoms. The van der Waals surface area contributed by atoms with E-state index >= 15 is 0 Å². The van der Waals surface area contributed by atoms with Crippen LogP contribution in [0.2, 0.25) is 0 Å². The first-order valence-corrected chi connectivity index (χ1v) is 14.1. The second-order valence-electron chi connectivity index (χ2n) is 12.8. The van der Waals surface area contributed by atoms with Gasteiger partial charge in [0, 0.05) is 37.6 Å². The third kappa shape index (κ3) is 4.29. The van der Waals surface area contributed by atoms with E-state index in [-0.39, 0.29) is 16.7 Å². The normalized spacial score (nSPS) is 39.3. The summed E-state index contributed by atoms with van der Waals surface area (Å²) < 4.78 is 0. The van der Waals surface area contributed by atoms with Crippen LogP contribution < -0.4 is 5.32 Å². The van der Waals surface area contributed by atoms with Crippen molar-refractivity contribution < 1.29 is 14.4 Å². The topological polar surface area (TPSA) is 63.2 Å². The Bertz CT molecular complexity index is 973. The molecule has 4 nitrogen and oxygen atoms in total. The molecule has 4 aliphatic carbocycles. The molecule has 0 bridgehead atoms. The van der Waals surface area contributed by atoms with Crippen molar-refractivity contribution >= 4 is 17.5 Å². The van der Waals surface area contributed by atoms with Crippen LogP contribution in [-0.2, 0) is 20.9 Å². The van der Waals surface area contributed by atoms with E-state index < -0.39 is 0 Å². The molecule has 8 atom stereocenters. The molecule has 4 fully saturated rings. The van der Waals surface area contributed by atoms with E-state index in [0.717, 1.165) is 44.1 Å². The van der Waals surface area contributed by atoms with Crippen LogP contribution in [0.1, 0.15) is 90.5 Å². The zero-order valence-corrected chi connectivity index (χ0v) is 21.9. The van der Waals surface area contributed by atoms with Gasteiger partial charge in [0.05, 0.1) is 0 Å². The first-order chi connectivity index (χ1) is 16.7. The van der Waals surface area contributed by atoms with Crippen LogP contribution in [0, 0.1) is 46.3 Å². The monoisotopic (exact) mass is 477 g/mol. The maximum absolute atomic E-state index is 13.9. The molecular formula is C31H43NO3. The van der Waals surface area contributed by atoms with Gasteiger partial charge in [0.1, 0.15) is 11.6 Å². The van der Waals surface area contributed by atoms with Gasteiger partial charge in [-0.2, -0.15) is 0 Å². The Morgan fingerprint density at radius 3 is 2.57 bits per heavy atom. The van der Waals surface area contributed by atoms with Crippen LogP contribution in [0.15, 0.2) is 30.3 Å². The number of nitrogens with one attached hydrogen (secondary N) is 1. The van der Waals surface area contributed by atoms with Crippen LogP contribution in [0.5, 0.6) is 0 Å². The number of carbonyl (C=O) groups excluding carboxylic acids is 3. The summed E-state index contributed by atoms with van der Waals surface area (Å²) in [5.41, 5.74) is 1.04. The Morgan fingerprint density at radius 2 is 1.80 bits per heavy atom. The van der Waals surface area contributed by atoms with Gasteiger partial charge in [0.25, 0.3) is 0 Å². The molecule has 0 heterocycles. The van der Waals surface area contributed by atoms with E-state index in [4.69, 9.17) is 0 Å². The largest absolute Gasteiger partial charge is 0.352 e. The summed E-state index contributed by atoms with van der Waals surface area (Å²) >= 11 is 0. The van der Waals surface area contributed by atoms with E-state index in [2.05, 4.69) is 26.1 Å². The van der Waals surface area contributed by atoms with Crippen LogP contribution in [0.4, 0.5) is 0 Å². The van der Waals surface area contributed by atoms with Crippen molar-refractivity contribution in [2.24, 2.45) is 46.3 Å². The Hall–Kier alpha value is -1.97. The molecule has 0 radical (unpaired) electrons. The van der Waals surface area contributed by atoms with E-state index in [1.54, 1.807) is 0 Å². The Morgan fingerprint density at radius 1 is 1.03 bits per heavy atom. The standard InChI is InChI=1S/C31H43NO3/c1-20(9-14-29(35)32-19-21-7-5-4-6-8-21)25-12-13-26-24-11-10-22-17-23(33)15-16-30(22,2)27(24)18-28(34)31(25,26)3/h4-8,20,22,24-27H,9-19H2,1-3H3,(H,32,35)/t20-,22-,24+,25-,26+,27+,30+,31-/m1/s1. The van der Waals surface area contributed by atoms with Crippen molar-refractivity contribution in [1.82, 2.24) is 5.32 Å². The fourth-order valence-electron chi connectivity index (χ4n) is 9.14. The summed E-state index contributed by atoms with van der Waals surface area (Å²) in [6, 6.07) is 10.0. The zero-order valence-electron chi connectivity index (χ0n) is 21.9. The SMILES string of the molecule is C[C@H](CCC(=O)NCc1ccccc1)[C@H]1CC[C@H]2[C@@H]3CC[C@@H]4CC(=O)CC[C@]4(C)[C@H]3CC(=O)[C@]12C. The number of rotatable bonds is 6. The minimum Gasteiger partial charge on any atom is -0.352 e. The number of ketones is 2. The quantitative estimate of drug-likeness (QED) is 0.536. The molecule has 5 rings (SSSR count). The van der Waals surface area contributed by atoms with Crippen molar-refractivity contribution in [2.45, 2.75) is 91.5 Å². The third-order valence-corrected chi connectivity index (χ3v) is 11.3. The van der Waals surface area contributed by atoms with E-state index in [1.165, 1.54) is 6.42 Å². The number of hydrogen-bond acceptors (Lipinski definition) is 3. The summed E-state index contributed by atoms with van der Waals surface area (Å²) in [5.74, 6) is 3.79. The zero-order chi connectivity index (χ0) is 24.8. The van der Waals surface area contributed by atoms with Gasteiger partial charge in [-0.1, -0.05) is 51.1 Å². The average Bonchev–Trinajstić information content (AvgIpc) is 3.22. The highest BCUT2D eigenvalue weighted by atomic mass is 16.1. The van der Waals surface area contributed by atoms with Gasteiger partial charge < -0.3 is 5.32 Å². The summed E-state index contributed by atoms with van der Waals surface area (Å²) in [6.45, 7) is 7.52. The maximum Gasteiger partial charge on any atom is 0.220 e. The Labute approximate surface area is 211 Å². The molecule has 1 amide bonds. The van der Waals surface area contributed by atoms with E-state index in [0.29, 0.717) is 72.9 Å². The van der Waals surface area contributed by atoms with E-state index in [1.807, 2.05) is 30.3 Å².